The van der Waals surface area contributed by atoms with Crippen LogP contribution in [0.4, 0.5) is 10.1 Å². The number of amides is 2. The number of rotatable bonds is 4. The number of hydrogen-bond donors (Lipinski definition) is 0. The fourth-order valence-electron chi connectivity index (χ4n) is 5.55. The summed E-state index contributed by atoms with van der Waals surface area (Å²) < 4.78 is 14.3. The van der Waals surface area contributed by atoms with Gasteiger partial charge >= 0.3 is 0 Å². The van der Waals surface area contributed by atoms with E-state index >= 15 is 0 Å². The highest BCUT2D eigenvalue weighted by atomic mass is 19.1. The highest BCUT2D eigenvalue weighted by molar-refractivity contribution is 5.99. The first-order chi connectivity index (χ1) is 16.2. The second kappa shape index (κ2) is 10.3. The van der Waals surface area contributed by atoms with Crippen LogP contribution in [-0.4, -0.2) is 61.4 Å². The number of carbonyl (C=O) groups is 2. The first-order valence-corrected chi connectivity index (χ1v) is 12.4. The van der Waals surface area contributed by atoms with E-state index in [9.17, 15) is 14.0 Å². The number of benzene rings is 2. The molecule has 182 valence electrons. The van der Waals surface area contributed by atoms with Crippen LogP contribution >= 0.6 is 0 Å². The molecule has 0 bridgehead atoms. The number of nitrogens with zero attached hydrogens (tertiary/aromatic N) is 3. The zero-order valence-corrected chi connectivity index (χ0v) is 20.8. The number of piperidine rings is 1. The van der Waals surface area contributed by atoms with Gasteiger partial charge in [-0.3, -0.25) is 9.59 Å². The van der Waals surface area contributed by atoms with Gasteiger partial charge in [0.05, 0.1) is 0 Å². The van der Waals surface area contributed by atoms with Gasteiger partial charge < -0.3 is 14.7 Å². The lowest BCUT2D eigenvalue weighted by atomic mass is 9.84. The monoisotopic (exact) mass is 465 g/mol. The molecule has 0 aliphatic carbocycles. The van der Waals surface area contributed by atoms with Crippen molar-refractivity contribution in [3.8, 4) is 0 Å². The Morgan fingerprint density at radius 2 is 1.76 bits per heavy atom. The van der Waals surface area contributed by atoms with Gasteiger partial charge in [-0.15, -0.1) is 0 Å². The molecule has 2 atom stereocenters. The third-order valence-electron chi connectivity index (χ3n) is 7.30. The molecule has 5 nitrogen and oxygen atoms in total. The summed E-state index contributed by atoms with van der Waals surface area (Å²) in [4.78, 5) is 32.5. The van der Waals surface area contributed by atoms with Crippen molar-refractivity contribution in [2.45, 2.75) is 40.0 Å². The minimum Gasteiger partial charge on any atom is -0.337 e. The van der Waals surface area contributed by atoms with E-state index < -0.39 is 0 Å². The summed E-state index contributed by atoms with van der Waals surface area (Å²) in [6.07, 6.45) is 2.34. The minimum absolute atomic E-state index is 0.0591. The van der Waals surface area contributed by atoms with E-state index in [1.54, 1.807) is 6.07 Å². The summed E-state index contributed by atoms with van der Waals surface area (Å²) in [5.74, 6) is 0.0292. The van der Waals surface area contributed by atoms with Gasteiger partial charge in [0.2, 0.25) is 5.91 Å². The zero-order valence-electron chi connectivity index (χ0n) is 20.8. The Bertz CT molecular complexity index is 1050. The van der Waals surface area contributed by atoms with Crippen molar-refractivity contribution in [2.24, 2.45) is 11.8 Å². The molecule has 2 aliphatic heterocycles. The van der Waals surface area contributed by atoms with Crippen molar-refractivity contribution in [1.82, 2.24) is 9.80 Å². The van der Waals surface area contributed by atoms with E-state index in [4.69, 9.17) is 0 Å². The second-order valence-electron chi connectivity index (χ2n) is 10.2. The lowest BCUT2D eigenvalue weighted by Crippen LogP contribution is -2.46. The molecule has 0 radical (unpaired) electrons. The Balaban J connectivity index is 1.57. The number of hydrogen-bond acceptors (Lipinski definition) is 3. The predicted octanol–water partition coefficient (Wildman–Crippen LogP) is 4.45. The second-order valence-corrected chi connectivity index (χ2v) is 10.2. The summed E-state index contributed by atoms with van der Waals surface area (Å²) in [7, 11) is 2.09. The normalized spacial score (nSPS) is 22.1. The molecule has 2 aromatic carbocycles. The minimum atomic E-state index is -0.187. The molecule has 2 aromatic rings. The van der Waals surface area contributed by atoms with Gasteiger partial charge in [-0.2, -0.15) is 0 Å². The smallest absolute Gasteiger partial charge is 0.253 e. The van der Waals surface area contributed by atoms with Crippen LogP contribution in [0.2, 0.25) is 0 Å². The third kappa shape index (κ3) is 5.17. The molecule has 0 aromatic heterocycles. The van der Waals surface area contributed by atoms with Crippen LogP contribution < -0.4 is 4.90 Å². The first kappa shape index (κ1) is 24.4. The standard InChI is InChI=1S/C28H36FN3O2/c1-19-15-24(28(34)31-11-7-10-30(4)12-13-31)16-20(2)26(19)32-18-22(14-21(3)27(32)33)17-23-8-5-6-9-25(23)29/h5-6,8-9,15-16,21-22H,7,10-14,17-18H2,1-4H3/t21-,22-/m1/s1. The highest BCUT2D eigenvalue weighted by Gasteiger charge is 2.34. The summed E-state index contributed by atoms with van der Waals surface area (Å²) in [5.41, 5.74) is 4.14. The zero-order chi connectivity index (χ0) is 24.4. The van der Waals surface area contributed by atoms with Crippen LogP contribution in [0.3, 0.4) is 0 Å². The van der Waals surface area contributed by atoms with E-state index in [1.165, 1.54) is 6.07 Å². The molecular formula is C28H36FN3O2. The topological polar surface area (TPSA) is 43.9 Å². The largest absolute Gasteiger partial charge is 0.337 e. The lowest BCUT2D eigenvalue weighted by molar-refractivity contribution is -0.124. The van der Waals surface area contributed by atoms with Crippen LogP contribution in [0, 0.1) is 31.5 Å². The van der Waals surface area contributed by atoms with Gasteiger partial charge in [0, 0.05) is 43.3 Å². The molecule has 34 heavy (non-hydrogen) atoms. The van der Waals surface area contributed by atoms with Crippen LogP contribution in [0.1, 0.15) is 46.8 Å². The molecule has 2 amide bonds. The average molecular weight is 466 g/mol. The molecule has 2 fully saturated rings. The van der Waals surface area contributed by atoms with E-state index in [0.29, 0.717) is 24.1 Å². The van der Waals surface area contributed by atoms with Crippen molar-refractivity contribution in [3.05, 3.63) is 64.5 Å². The fourth-order valence-corrected chi connectivity index (χ4v) is 5.55. The van der Waals surface area contributed by atoms with Crippen molar-refractivity contribution in [1.29, 1.82) is 0 Å². The summed E-state index contributed by atoms with van der Waals surface area (Å²) in [6, 6.07) is 10.8. The summed E-state index contributed by atoms with van der Waals surface area (Å²) in [6.45, 7) is 9.86. The van der Waals surface area contributed by atoms with Gasteiger partial charge in [-0.25, -0.2) is 4.39 Å². The van der Waals surface area contributed by atoms with E-state index in [-0.39, 0.29) is 29.5 Å². The van der Waals surface area contributed by atoms with E-state index in [1.807, 2.05) is 54.8 Å². The maximum atomic E-state index is 14.3. The average Bonchev–Trinajstić information content (AvgIpc) is 3.02. The molecule has 2 aliphatic rings. The maximum Gasteiger partial charge on any atom is 0.253 e. The van der Waals surface area contributed by atoms with Gasteiger partial charge in [-0.05, 0) is 87.5 Å². The Hall–Kier alpha value is -2.73. The highest BCUT2D eigenvalue weighted by Crippen LogP contribution is 2.34. The van der Waals surface area contributed by atoms with Gasteiger partial charge in [0.25, 0.3) is 5.91 Å². The fraction of sp³-hybridized carbons (Fsp3) is 0.500. The van der Waals surface area contributed by atoms with Crippen LogP contribution in [-0.2, 0) is 11.2 Å². The lowest BCUT2D eigenvalue weighted by Gasteiger charge is -2.38. The number of carbonyl (C=O) groups excluding carboxylic acids is 2. The Morgan fingerprint density at radius 3 is 2.47 bits per heavy atom. The maximum absolute atomic E-state index is 14.3. The van der Waals surface area contributed by atoms with E-state index in [2.05, 4.69) is 11.9 Å². The number of likely N-dealkylation sites (N-methyl/N-ethyl adjacent to an activating group) is 1. The molecule has 4 rings (SSSR count). The van der Waals surface area contributed by atoms with Crippen LogP contribution in [0.5, 0.6) is 0 Å². The third-order valence-corrected chi connectivity index (χ3v) is 7.30. The molecule has 0 spiro atoms. The van der Waals surface area contributed by atoms with Crippen molar-refractivity contribution >= 4 is 17.5 Å². The summed E-state index contributed by atoms with van der Waals surface area (Å²) >= 11 is 0. The van der Waals surface area contributed by atoms with Gasteiger partial charge in [-0.1, -0.05) is 25.1 Å². The molecular weight excluding hydrogens is 429 g/mol. The predicted molar refractivity (Wildman–Crippen MR) is 134 cm³/mol. The number of aryl methyl sites for hydroxylation is 2. The van der Waals surface area contributed by atoms with E-state index in [0.717, 1.165) is 55.8 Å². The molecule has 2 heterocycles. The van der Waals surface area contributed by atoms with Crippen molar-refractivity contribution < 1.29 is 14.0 Å². The van der Waals surface area contributed by atoms with Gasteiger partial charge in [0.15, 0.2) is 0 Å². The Labute approximate surface area is 202 Å². The molecule has 0 unspecified atom stereocenters. The molecule has 2 saturated heterocycles. The van der Waals surface area contributed by atoms with Crippen molar-refractivity contribution in [3.63, 3.8) is 0 Å². The first-order valence-electron chi connectivity index (χ1n) is 12.4. The van der Waals surface area contributed by atoms with Gasteiger partial charge in [0.1, 0.15) is 5.82 Å². The Kier molecular flexibility index (Phi) is 7.36. The molecule has 0 saturated carbocycles. The quantitative estimate of drug-likeness (QED) is 0.670. The van der Waals surface area contributed by atoms with Crippen LogP contribution in [0.25, 0.3) is 0 Å². The molecule has 0 N–H and O–H groups in total. The number of anilines is 1. The van der Waals surface area contributed by atoms with Crippen molar-refractivity contribution in [2.75, 3.05) is 44.7 Å². The SMILES string of the molecule is Cc1cc(C(=O)N2CCCN(C)CC2)cc(C)c1N1C[C@@H](Cc2ccccc2F)C[C@@H](C)C1=O. The Morgan fingerprint density at radius 1 is 1.06 bits per heavy atom. The van der Waals surface area contributed by atoms with Crippen LogP contribution in [0.15, 0.2) is 36.4 Å². The summed E-state index contributed by atoms with van der Waals surface area (Å²) in [5, 5.41) is 0. The number of halogens is 1. The molecule has 6 heteroatoms.